The van der Waals surface area contributed by atoms with E-state index in [0.29, 0.717) is 33.7 Å². The van der Waals surface area contributed by atoms with Crippen LogP contribution in [-0.2, 0) is 4.79 Å². The molecule has 0 fully saturated rings. The number of furan rings is 1. The molecule has 0 radical (unpaired) electrons. The van der Waals surface area contributed by atoms with E-state index in [0.717, 1.165) is 5.56 Å². The molecule has 1 N–H and O–H groups in total. The van der Waals surface area contributed by atoms with Gasteiger partial charge in [0.05, 0.1) is 5.69 Å². The summed E-state index contributed by atoms with van der Waals surface area (Å²) in [5, 5.41) is 3.44. The molecule has 0 aliphatic carbocycles. The second-order valence-electron chi connectivity index (χ2n) is 5.57. The molecule has 2 heterocycles. The van der Waals surface area contributed by atoms with Crippen molar-refractivity contribution < 1.29 is 18.7 Å². The average Bonchev–Trinajstić information content (AvgIpc) is 3.30. The zero-order valence-electron chi connectivity index (χ0n) is 13.6. The topological polar surface area (TPSA) is 60.7 Å². The van der Waals surface area contributed by atoms with Gasteiger partial charge in [-0.3, -0.25) is 4.79 Å². The molecule has 0 atom stereocenters. The van der Waals surface area contributed by atoms with Gasteiger partial charge in [0.1, 0.15) is 11.5 Å². The lowest BCUT2D eigenvalue weighted by atomic mass is 10.2. The highest BCUT2D eigenvalue weighted by atomic mass is 35.5. The number of carbonyl (C=O) groups excluding carboxylic acids is 1. The Hall–Kier alpha value is -3.18. The Morgan fingerprint density at radius 2 is 1.88 bits per heavy atom. The first-order valence-corrected chi connectivity index (χ1v) is 8.30. The number of rotatable bonds is 4. The van der Waals surface area contributed by atoms with Gasteiger partial charge in [-0.15, -0.1) is 0 Å². The minimum absolute atomic E-state index is 0.151. The Labute approximate surface area is 154 Å². The van der Waals surface area contributed by atoms with Crippen molar-refractivity contribution >= 4 is 29.3 Å². The summed E-state index contributed by atoms with van der Waals surface area (Å²) in [4.78, 5) is 12.1. The zero-order chi connectivity index (χ0) is 17.9. The number of amides is 1. The van der Waals surface area contributed by atoms with Gasteiger partial charge < -0.3 is 19.2 Å². The van der Waals surface area contributed by atoms with Crippen LogP contribution in [0, 0.1) is 0 Å². The lowest BCUT2D eigenvalue weighted by Gasteiger charge is -2.05. The van der Waals surface area contributed by atoms with Gasteiger partial charge in [0.25, 0.3) is 0 Å². The molecule has 5 nitrogen and oxygen atoms in total. The van der Waals surface area contributed by atoms with Gasteiger partial charge in [-0.05, 0) is 54.6 Å². The smallest absolute Gasteiger partial charge is 0.248 e. The molecule has 2 aromatic carbocycles. The fourth-order valence-electron chi connectivity index (χ4n) is 2.57. The molecule has 0 unspecified atom stereocenters. The van der Waals surface area contributed by atoms with Crippen LogP contribution in [0.2, 0.25) is 5.02 Å². The van der Waals surface area contributed by atoms with Crippen LogP contribution in [0.3, 0.4) is 0 Å². The standard InChI is InChI=1S/C20H14ClNO4/c21-14-6-4-13(5-7-14)17-10-8-15(26-17)9-11-19(23)22-16-2-1-3-18-20(16)25-12-24-18/h1-11H,12H2,(H,22,23)/b11-9+. The Morgan fingerprint density at radius 1 is 1.04 bits per heavy atom. The summed E-state index contributed by atoms with van der Waals surface area (Å²) in [6, 6.07) is 16.3. The predicted molar refractivity (Wildman–Crippen MR) is 99.4 cm³/mol. The normalized spacial score (nSPS) is 12.5. The minimum atomic E-state index is -0.293. The summed E-state index contributed by atoms with van der Waals surface area (Å²) < 4.78 is 16.4. The molecular formula is C20H14ClNO4. The van der Waals surface area contributed by atoms with Gasteiger partial charge in [-0.1, -0.05) is 17.7 Å². The number of nitrogens with one attached hydrogen (secondary N) is 1. The number of para-hydroxylation sites is 1. The van der Waals surface area contributed by atoms with Gasteiger partial charge in [-0.25, -0.2) is 0 Å². The molecule has 0 spiro atoms. The summed E-state index contributed by atoms with van der Waals surface area (Å²) >= 11 is 5.89. The van der Waals surface area contributed by atoms with E-state index in [1.54, 1.807) is 42.5 Å². The molecule has 0 saturated carbocycles. The number of hydrogen-bond donors (Lipinski definition) is 1. The molecular weight excluding hydrogens is 354 g/mol. The van der Waals surface area contributed by atoms with Crippen molar-refractivity contribution in [2.24, 2.45) is 0 Å². The lowest BCUT2D eigenvalue weighted by Crippen LogP contribution is -2.08. The first-order chi connectivity index (χ1) is 12.7. The molecule has 3 aromatic rings. The maximum Gasteiger partial charge on any atom is 0.248 e. The maximum atomic E-state index is 12.1. The van der Waals surface area contributed by atoms with Crippen LogP contribution in [0.25, 0.3) is 17.4 Å². The van der Waals surface area contributed by atoms with Gasteiger partial charge in [0.15, 0.2) is 11.5 Å². The number of halogens is 1. The van der Waals surface area contributed by atoms with Crippen molar-refractivity contribution in [3.05, 3.63) is 71.5 Å². The van der Waals surface area contributed by atoms with E-state index in [1.807, 2.05) is 18.2 Å². The van der Waals surface area contributed by atoms with Gasteiger partial charge in [-0.2, -0.15) is 0 Å². The lowest BCUT2D eigenvalue weighted by molar-refractivity contribution is -0.111. The van der Waals surface area contributed by atoms with Crippen LogP contribution in [0.5, 0.6) is 11.5 Å². The van der Waals surface area contributed by atoms with E-state index in [-0.39, 0.29) is 12.7 Å². The number of ether oxygens (including phenoxy) is 2. The molecule has 0 bridgehead atoms. The Bertz CT molecular complexity index is 976. The summed E-state index contributed by atoms with van der Waals surface area (Å²) in [6.07, 6.45) is 3.01. The monoisotopic (exact) mass is 367 g/mol. The van der Waals surface area contributed by atoms with Crippen LogP contribution in [0.1, 0.15) is 5.76 Å². The molecule has 6 heteroatoms. The quantitative estimate of drug-likeness (QED) is 0.660. The Morgan fingerprint density at radius 3 is 2.73 bits per heavy atom. The van der Waals surface area contributed by atoms with Crippen LogP contribution in [-0.4, -0.2) is 12.7 Å². The molecule has 1 aliphatic rings. The molecule has 4 rings (SSSR count). The van der Waals surface area contributed by atoms with E-state index in [2.05, 4.69) is 5.32 Å². The van der Waals surface area contributed by atoms with E-state index in [1.165, 1.54) is 6.08 Å². The summed E-state index contributed by atoms with van der Waals surface area (Å²) in [5.74, 6) is 2.14. The van der Waals surface area contributed by atoms with Gasteiger partial charge in [0.2, 0.25) is 12.7 Å². The third-order valence-electron chi connectivity index (χ3n) is 3.81. The Balaban J connectivity index is 1.44. The third kappa shape index (κ3) is 3.43. The van der Waals surface area contributed by atoms with Crippen LogP contribution >= 0.6 is 11.6 Å². The van der Waals surface area contributed by atoms with E-state index >= 15 is 0 Å². The molecule has 26 heavy (non-hydrogen) atoms. The highest BCUT2D eigenvalue weighted by Crippen LogP contribution is 2.38. The predicted octanol–water partition coefficient (Wildman–Crippen LogP) is 4.98. The summed E-state index contributed by atoms with van der Waals surface area (Å²) in [5.41, 5.74) is 1.48. The number of anilines is 1. The highest BCUT2D eigenvalue weighted by Gasteiger charge is 2.17. The fourth-order valence-corrected chi connectivity index (χ4v) is 2.70. The number of hydrogen-bond acceptors (Lipinski definition) is 4. The SMILES string of the molecule is O=C(/C=C/c1ccc(-c2ccc(Cl)cc2)o1)Nc1cccc2c1OCO2. The molecule has 1 amide bonds. The minimum Gasteiger partial charge on any atom is -0.457 e. The van der Waals surface area contributed by atoms with Gasteiger partial charge >= 0.3 is 0 Å². The first-order valence-electron chi connectivity index (χ1n) is 7.92. The second kappa shape index (κ2) is 6.98. The van der Waals surface area contributed by atoms with Crippen LogP contribution < -0.4 is 14.8 Å². The van der Waals surface area contributed by atoms with E-state index < -0.39 is 0 Å². The zero-order valence-corrected chi connectivity index (χ0v) is 14.3. The first kappa shape index (κ1) is 16.3. The molecule has 130 valence electrons. The average molecular weight is 368 g/mol. The number of fused-ring (bicyclic) bond motifs is 1. The van der Waals surface area contributed by atoms with Crippen molar-refractivity contribution in [2.45, 2.75) is 0 Å². The van der Waals surface area contributed by atoms with Crippen molar-refractivity contribution in [3.63, 3.8) is 0 Å². The fraction of sp³-hybridized carbons (Fsp3) is 0.0500. The number of benzene rings is 2. The maximum absolute atomic E-state index is 12.1. The molecule has 1 aromatic heterocycles. The van der Waals surface area contributed by atoms with Gasteiger partial charge in [0, 0.05) is 16.7 Å². The summed E-state index contributed by atoms with van der Waals surface area (Å²) in [7, 11) is 0. The molecule has 0 saturated heterocycles. The highest BCUT2D eigenvalue weighted by molar-refractivity contribution is 6.30. The molecule has 1 aliphatic heterocycles. The van der Waals surface area contributed by atoms with Crippen molar-refractivity contribution in [1.82, 2.24) is 0 Å². The second-order valence-corrected chi connectivity index (χ2v) is 6.01. The van der Waals surface area contributed by atoms with Crippen LogP contribution in [0.4, 0.5) is 5.69 Å². The number of carbonyl (C=O) groups is 1. The van der Waals surface area contributed by atoms with E-state index in [9.17, 15) is 4.79 Å². The van der Waals surface area contributed by atoms with Crippen molar-refractivity contribution in [2.75, 3.05) is 12.1 Å². The van der Waals surface area contributed by atoms with Crippen LogP contribution in [0.15, 0.2) is 65.1 Å². The summed E-state index contributed by atoms with van der Waals surface area (Å²) in [6.45, 7) is 0.151. The van der Waals surface area contributed by atoms with Crippen molar-refractivity contribution in [3.8, 4) is 22.8 Å². The van der Waals surface area contributed by atoms with E-state index in [4.69, 9.17) is 25.5 Å². The Kier molecular flexibility index (Phi) is 4.37. The van der Waals surface area contributed by atoms with Crippen molar-refractivity contribution in [1.29, 1.82) is 0 Å². The third-order valence-corrected chi connectivity index (χ3v) is 4.06. The largest absolute Gasteiger partial charge is 0.457 e.